The van der Waals surface area contributed by atoms with Crippen LogP contribution in [0.1, 0.15) is 27.2 Å². The SMILES string of the molecule is C=CC[C@H]1CN(C(=O)OC(C)(C)C)CC1(O[Si](C)(C)C)C(Cl)(Cl)Cl. The molecule has 0 aromatic carbocycles. The van der Waals surface area contributed by atoms with Crippen molar-refractivity contribution in [3.8, 4) is 0 Å². The highest BCUT2D eigenvalue weighted by molar-refractivity contribution is 6.71. The van der Waals surface area contributed by atoms with Crippen LogP contribution in [0.25, 0.3) is 0 Å². The molecule has 1 aliphatic heterocycles. The number of hydrogen-bond donors (Lipinski definition) is 0. The predicted octanol–water partition coefficient (Wildman–Crippen LogP) is 5.39. The second-order valence-electron chi connectivity index (χ2n) is 8.18. The summed E-state index contributed by atoms with van der Waals surface area (Å²) in [6.07, 6.45) is 1.92. The van der Waals surface area contributed by atoms with Crippen LogP contribution in [-0.4, -0.2) is 47.4 Å². The fourth-order valence-corrected chi connectivity index (χ4v) is 5.29. The molecule has 1 saturated heterocycles. The maximum absolute atomic E-state index is 12.5. The Kier molecular flexibility index (Phi) is 6.77. The summed E-state index contributed by atoms with van der Waals surface area (Å²) in [5, 5.41) is 0. The van der Waals surface area contributed by atoms with Crippen molar-refractivity contribution < 1.29 is 14.0 Å². The van der Waals surface area contributed by atoms with E-state index in [0.29, 0.717) is 13.0 Å². The van der Waals surface area contributed by atoms with Crippen LogP contribution < -0.4 is 0 Å². The normalized spacial score (nSPS) is 25.7. The van der Waals surface area contributed by atoms with Crippen molar-refractivity contribution in [2.75, 3.05) is 13.1 Å². The smallest absolute Gasteiger partial charge is 0.410 e. The summed E-state index contributed by atoms with van der Waals surface area (Å²) in [6, 6.07) is 0. The molecule has 24 heavy (non-hydrogen) atoms. The molecule has 0 saturated carbocycles. The summed E-state index contributed by atoms with van der Waals surface area (Å²) in [5.41, 5.74) is -1.66. The van der Waals surface area contributed by atoms with Gasteiger partial charge in [0.15, 0.2) is 8.32 Å². The molecular weight excluding hydrogens is 389 g/mol. The van der Waals surface area contributed by atoms with Crippen molar-refractivity contribution in [1.29, 1.82) is 0 Å². The number of likely N-dealkylation sites (tertiary alicyclic amines) is 1. The number of ether oxygens (including phenoxy) is 1. The molecule has 8 heteroatoms. The molecule has 0 aromatic heterocycles. The molecule has 0 spiro atoms. The van der Waals surface area contributed by atoms with E-state index in [1.807, 2.05) is 40.4 Å². The number of rotatable bonds is 4. The molecule has 1 aliphatic rings. The summed E-state index contributed by atoms with van der Waals surface area (Å²) >= 11 is 19.1. The van der Waals surface area contributed by atoms with Gasteiger partial charge in [-0.2, -0.15) is 0 Å². The third kappa shape index (κ3) is 5.53. The van der Waals surface area contributed by atoms with Crippen LogP contribution in [0.2, 0.25) is 19.6 Å². The lowest BCUT2D eigenvalue weighted by molar-refractivity contribution is 0.0155. The molecule has 0 aromatic rings. The van der Waals surface area contributed by atoms with Gasteiger partial charge in [0, 0.05) is 12.5 Å². The number of allylic oxidation sites excluding steroid dienone is 1. The number of alkyl halides is 3. The average Bonchev–Trinajstić information content (AvgIpc) is 2.65. The quantitative estimate of drug-likeness (QED) is 0.350. The Bertz CT molecular complexity index is 482. The Morgan fingerprint density at radius 1 is 1.33 bits per heavy atom. The van der Waals surface area contributed by atoms with Gasteiger partial charge in [0.25, 0.3) is 0 Å². The minimum Gasteiger partial charge on any atom is -0.444 e. The van der Waals surface area contributed by atoms with E-state index >= 15 is 0 Å². The van der Waals surface area contributed by atoms with Crippen LogP contribution in [0.15, 0.2) is 12.7 Å². The molecule has 140 valence electrons. The molecule has 1 rings (SSSR count). The van der Waals surface area contributed by atoms with Gasteiger partial charge >= 0.3 is 6.09 Å². The number of halogens is 3. The first kappa shape index (κ1) is 22.1. The molecule has 0 N–H and O–H groups in total. The highest BCUT2D eigenvalue weighted by atomic mass is 35.6. The van der Waals surface area contributed by atoms with Gasteiger partial charge in [-0.3, -0.25) is 0 Å². The minimum absolute atomic E-state index is 0.165. The molecule has 0 bridgehead atoms. The lowest BCUT2D eigenvalue weighted by Gasteiger charge is -2.44. The second-order valence-corrected chi connectivity index (χ2v) is 14.9. The number of carbonyl (C=O) groups excluding carboxylic acids is 1. The summed E-state index contributed by atoms with van der Waals surface area (Å²) < 4.78 is 10.2. The van der Waals surface area contributed by atoms with Gasteiger partial charge in [0.2, 0.25) is 3.79 Å². The van der Waals surface area contributed by atoms with Gasteiger partial charge in [0.05, 0.1) is 6.54 Å². The van der Waals surface area contributed by atoms with Crippen molar-refractivity contribution in [3.05, 3.63) is 12.7 Å². The Balaban J connectivity index is 3.20. The number of hydrogen-bond acceptors (Lipinski definition) is 3. The van der Waals surface area contributed by atoms with E-state index in [1.165, 1.54) is 0 Å². The molecular formula is C16H28Cl3NO3Si. The summed E-state index contributed by atoms with van der Waals surface area (Å²) in [5.74, 6) is -0.165. The number of carbonyl (C=O) groups is 1. The van der Waals surface area contributed by atoms with Crippen LogP contribution in [0.5, 0.6) is 0 Å². The number of amides is 1. The van der Waals surface area contributed by atoms with Crippen molar-refractivity contribution in [2.45, 2.75) is 61.8 Å². The molecule has 0 aliphatic carbocycles. The predicted molar refractivity (Wildman–Crippen MR) is 104 cm³/mol. The Hall–Kier alpha value is 0.0569. The fraction of sp³-hybridized carbons (Fsp3) is 0.812. The van der Waals surface area contributed by atoms with Gasteiger partial charge in [-0.15, -0.1) is 6.58 Å². The standard InChI is InChI=1S/C16H28Cl3NO3Si/c1-8-9-12-10-20(13(21)22-14(2,3)4)11-15(12,16(17,18)19)23-24(5,6)7/h8,12H,1,9-11H2,2-7H3/t12-,15?/m0/s1. The van der Waals surface area contributed by atoms with Gasteiger partial charge in [0.1, 0.15) is 11.2 Å². The molecule has 1 unspecified atom stereocenters. The molecule has 1 heterocycles. The van der Waals surface area contributed by atoms with Gasteiger partial charge in [-0.1, -0.05) is 40.9 Å². The number of nitrogens with zero attached hydrogens (tertiary/aromatic N) is 1. The Labute approximate surface area is 161 Å². The summed E-state index contributed by atoms with van der Waals surface area (Å²) in [6.45, 7) is 15.9. The van der Waals surface area contributed by atoms with Gasteiger partial charge in [-0.05, 0) is 46.8 Å². The van der Waals surface area contributed by atoms with Crippen molar-refractivity contribution in [2.24, 2.45) is 5.92 Å². The molecule has 2 atom stereocenters. The van der Waals surface area contributed by atoms with Crippen LogP contribution in [0.3, 0.4) is 0 Å². The molecule has 1 amide bonds. The Morgan fingerprint density at radius 2 is 1.88 bits per heavy atom. The highest BCUT2D eigenvalue weighted by Gasteiger charge is 2.61. The largest absolute Gasteiger partial charge is 0.444 e. The molecule has 0 radical (unpaired) electrons. The zero-order valence-electron chi connectivity index (χ0n) is 15.3. The zero-order chi connectivity index (χ0) is 19.0. The van der Waals surface area contributed by atoms with E-state index in [9.17, 15) is 4.79 Å². The first-order chi connectivity index (χ1) is 10.6. The maximum atomic E-state index is 12.5. The topological polar surface area (TPSA) is 38.8 Å². The van der Waals surface area contributed by atoms with E-state index in [2.05, 4.69) is 6.58 Å². The van der Waals surface area contributed by atoms with Gasteiger partial charge < -0.3 is 14.1 Å². The third-order valence-corrected chi connectivity index (χ3v) is 5.53. The van der Waals surface area contributed by atoms with E-state index in [4.69, 9.17) is 44.0 Å². The average molecular weight is 417 g/mol. The van der Waals surface area contributed by atoms with E-state index < -0.39 is 29.4 Å². The Morgan fingerprint density at radius 3 is 2.25 bits per heavy atom. The second kappa shape index (κ2) is 7.35. The van der Waals surface area contributed by atoms with E-state index in [1.54, 1.807) is 11.0 Å². The fourth-order valence-electron chi connectivity index (χ4n) is 2.86. The zero-order valence-corrected chi connectivity index (χ0v) is 18.6. The summed E-state index contributed by atoms with van der Waals surface area (Å²) in [7, 11) is -2.05. The molecule has 1 fully saturated rings. The first-order valence-electron chi connectivity index (χ1n) is 7.97. The monoisotopic (exact) mass is 415 g/mol. The lowest BCUT2D eigenvalue weighted by Crippen LogP contribution is -2.57. The third-order valence-electron chi connectivity index (χ3n) is 3.60. The van der Waals surface area contributed by atoms with Gasteiger partial charge in [-0.25, -0.2) is 4.79 Å². The van der Waals surface area contributed by atoms with Crippen molar-refractivity contribution in [1.82, 2.24) is 4.90 Å². The van der Waals surface area contributed by atoms with Crippen LogP contribution in [-0.2, 0) is 9.16 Å². The van der Waals surface area contributed by atoms with E-state index in [0.717, 1.165) is 0 Å². The van der Waals surface area contributed by atoms with E-state index in [-0.39, 0.29) is 12.5 Å². The van der Waals surface area contributed by atoms with Crippen LogP contribution >= 0.6 is 34.8 Å². The van der Waals surface area contributed by atoms with Crippen LogP contribution in [0.4, 0.5) is 4.79 Å². The lowest BCUT2D eigenvalue weighted by atomic mass is 9.89. The first-order valence-corrected chi connectivity index (χ1v) is 12.5. The maximum Gasteiger partial charge on any atom is 0.410 e. The van der Waals surface area contributed by atoms with Crippen LogP contribution in [0, 0.1) is 5.92 Å². The summed E-state index contributed by atoms with van der Waals surface area (Å²) in [4.78, 5) is 14.1. The van der Waals surface area contributed by atoms with Crippen molar-refractivity contribution >= 4 is 49.2 Å². The van der Waals surface area contributed by atoms with Crippen molar-refractivity contribution in [3.63, 3.8) is 0 Å². The molecule has 4 nitrogen and oxygen atoms in total. The highest BCUT2D eigenvalue weighted by Crippen LogP contribution is 2.51. The minimum atomic E-state index is -2.05.